The molecule has 0 saturated heterocycles. The first-order chi connectivity index (χ1) is 7.17. The highest BCUT2D eigenvalue weighted by molar-refractivity contribution is 5.76. The van der Waals surface area contributed by atoms with E-state index in [9.17, 15) is 4.79 Å². The van der Waals surface area contributed by atoms with Gasteiger partial charge in [-0.25, -0.2) is 14.8 Å². The highest BCUT2D eigenvalue weighted by Crippen LogP contribution is 2.08. The number of rotatable bonds is 5. The van der Waals surface area contributed by atoms with E-state index < -0.39 is 12.0 Å². The van der Waals surface area contributed by atoms with Gasteiger partial charge in [0.15, 0.2) is 0 Å². The molecule has 0 aliphatic heterocycles. The summed E-state index contributed by atoms with van der Waals surface area (Å²) in [6, 6.07) is -0.646. The van der Waals surface area contributed by atoms with Crippen molar-refractivity contribution in [3.05, 3.63) is 12.4 Å². The van der Waals surface area contributed by atoms with E-state index in [1.807, 2.05) is 0 Å². The molecule has 1 aromatic heterocycles. The summed E-state index contributed by atoms with van der Waals surface area (Å²) in [6.45, 7) is 1.78. The number of aliphatic carboxylic acids is 1. The van der Waals surface area contributed by atoms with Gasteiger partial charge < -0.3 is 15.2 Å². The highest BCUT2D eigenvalue weighted by atomic mass is 16.5. The molecule has 0 spiro atoms. The topological polar surface area (TPSA) is 84.3 Å². The summed E-state index contributed by atoms with van der Waals surface area (Å²) in [5, 5.41) is 11.6. The van der Waals surface area contributed by atoms with Crippen LogP contribution in [0.15, 0.2) is 12.4 Å². The molecule has 82 valence electrons. The fraction of sp³-hybridized carbons (Fsp3) is 0.444. The number of hydrogen-bond acceptors (Lipinski definition) is 5. The summed E-state index contributed by atoms with van der Waals surface area (Å²) < 4.78 is 4.83. The Morgan fingerprint density at radius 3 is 2.73 bits per heavy atom. The van der Waals surface area contributed by atoms with Crippen molar-refractivity contribution in [2.45, 2.75) is 19.4 Å². The van der Waals surface area contributed by atoms with Crippen LogP contribution in [0, 0.1) is 0 Å². The van der Waals surface area contributed by atoms with E-state index in [1.165, 1.54) is 19.5 Å². The lowest BCUT2D eigenvalue weighted by Gasteiger charge is -2.12. The molecule has 0 aliphatic rings. The molecule has 1 rings (SSSR count). The maximum Gasteiger partial charge on any atom is 0.326 e. The third-order valence-electron chi connectivity index (χ3n) is 1.87. The van der Waals surface area contributed by atoms with Crippen LogP contribution >= 0.6 is 0 Å². The van der Waals surface area contributed by atoms with E-state index in [2.05, 4.69) is 15.3 Å². The van der Waals surface area contributed by atoms with Gasteiger partial charge in [0.05, 0.1) is 19.5 Å². The molecule has 0 aliphatic carbocycles. The van der Waals surface area contributed by atoms with E-state index in [-0.39, 0.29) is 0 Å². The molecule has 0 saturated carbocycles. The minimum atomic E-state index is -0.907. The Bertz CT molecular complexity index is 326. The van der Waals surface area contributed by atoms with Crippen LogP contribution in [0.5, 0.6) is 5.88 Å². The van der Waals surface area contributed by atoms with Crippen molar-refractivity contribution in [3.8, 4) is 5.88 Å². The standard InChI is InChI=1S/C9H13N3O3/c1-3-6(9(13)14)12-7-4-11-8(15-2)5-10-7/h4-6H,3H2,1-2H3,(H,10,12)(H,13,14). The molecule has 1 aromatic rings. The van der Waals surface area contributed by atoms with Gasteiger partial charge in [0.2, 0.25) is 5.88 Å². The van der Waals surface area contributed by atoms with Crippen LogP contribution in [0.4, 0.5) is 5.82 Å². The number of nitrogens with one attached hydrogen (secondary N) is 1. The number of hydrogen-bond donors (Lipinski definition) is 2. The second-order valence-electron chi connectivity index (χ2n) is 2.89. The number of carboxylic acids is 1. The number of methoxy groups -OCH3 is 1. The Morgan fingerprint density at radius 2 is 2.33 bits per heavy atom. The summed E-state index contributed by atoms with van der Waals surface area (Å²) in [4.78, 5) is 18.6. The predicted molar refractivity (Wildman–Crippen MR) is 53.9 cm³/mol. The monoisotopic (exact) mass is 211 g/mol. The van der Waals surface area contributed by atoms with Crippen molar-refractivity contribution in [1.29, 1.82) is 0 Å². The zero-order valence-electron chi connectivity index (χ0n) is 8.60. The van der Waals surface area contributed by atoms with Crippen LogP contribution < -0.4 is 10.1 Å². The van der Waals surface area contributed by atoms with Crippen LogP contribution in [0.2, 0.25) is 0 Å². The van der Waals surface area contributed by atoms with Gasteiger partial charge in [0.25, 0.3) is 0 Å². The smallest absolute Gasteiger partial charge is 0.326 e. The fourth-order valence-corrected chi connectivity index (χ4v) is 1.01. The van der Waals surface area contributed by atoms with Crippen LogP contribution in [-0.2, 0) is 4.79 Å². The van der Waals surface area contributed by atoms with Gasteiger partial charge in [-0.05, 0) is 6.42 Å². The molecular formula is C9H13N3O3. The predicted octanol–water partition coefficient (Wildman–Crippen LogP) is 0.760. The third-order valence-corrected chi connectivity index (χ3v) is 1.87. The first-order valence-electron chi connectivity index (χ1n) is 4.52. The molecule has 0 radical (unpaired) electrons. The van der Waals surface area contributed by atoms with Crippen molar-refractivity contribution in [3.63, 3.8) is 0 Å². The van der Waals surface area contributed by atoms with Crippen LogP contribution in [0.1, 0.15) is 13.3 Å². The molecule has 1 atom stereocenters. The molecule has 0 fully saturated rings. The maximum atomic E-state index is 10.7. The second-order valence-corrected chi connectivity index (χ2v) is 2.89. The minimum Gasteiger partial charge on any atom is -0.480 e. The second kappa shape index (κ2) is 5.14. The van der Waals surface area contributed by atoms with E-state index in [1.54, 1.807) is 6.92 Å². The quantitative estimate of drug-likeness (QED) is 0.748. The van der Waals surface area contributed by atoms with Gasteiger partial charge in [0.1, 0.15) is 11.9 Å². The maximum absolute atomic E-state index is 10.7. The zero-order chi connectivity index (χ0) is 11.3. The van der Waals surface area contributed by atoms with Crippen molar-refractivity contribution >= 4 is 11.8 Å². The van der Waals surface area contributed by atoms with Gasteiger partial charge in [-0.1, -0.05) is 6.92 Å². The van der Waals surface area contributed by atoms with E-state index in [0.717, 1.165) is 0 Å². The summed E-state index contributed by atoms with van der Waals surface area (Å²) in [5.41, 5.74) is 0. The molecule has 0 aromatic carbocycles. The van der Waals surface area contributed by atoms with Crippen LogP contribution in [0.25, 0.3) is 0 Å². The lowest BCUT2D eigenvalue weighted by atomic mass is 10.2. The van der Waals surface area contributed by atoms with E-state index >= 15 is 0 Å². The molecule has 6 nitrogen and oxygen atoms in total. The largest absolute Gasteiger partial charge is 0.480 e. The Balaban J connectivity index is 2.67. The summed E-state index contributed by atoms with van der Waals surface area (Å²) in [7, 11) is 1.49. The average molecular weight is 211 g/mol. The van der Waals surface area contributed by atoms with Crippen LogP contribution in [-0.4, -0.2) is 34.2 Å². The molecule has 6 heteroatoms. The Kier molecular flexibility index (Phi) is 3.84. The Labute approximate surface area is 87.3 Å². The molecule has 0 bridgehead atoms. The number of aromatic nitrogens is 2. The number of nitrogens with zero attached hydrogens (tertiary/aromatic N) is 2. The van der Waals surface area contributed by atoms with Crippen molar-refractivity contribution in [1.82, 2.24) is 9.97 Å². The zero-order valence-corrected chi connectivity index (χ0v) is 8.60. The minimum absolute atomic E-state index is 0.393. The number of ether oxygens (including phenoxy) is 1. The Hall–Kier alpha value is -1.85. The highest BCUT2D eigenvalue weighted by Gasteiger charge is 2.14. The number of carbonyl (C=O) groups is 1. The van der Waals surface area contributed by atoms with E-state index in [4.69, 9.17) is 9.84 Å². The first kappa shape index (κ1) is 11.2. The molecule has 1 heterocycles. The summed E-state index contributed by atoms with van der Waals surface area (Å²) in [5.74, 6) is -0.0934. The fourth-order valence-electron chi connectivity index (χ4n) is 1.01. The molecule has 2 N–H and O–H groups in total. The molecular weight excluding hydrogens is 198 g/mol. The Morgan fingerprint density at radius 1 is 1.60 bits per heavy atom. The first-order valence-corrected chi connectivity index (χ1v) is 4.52. The van der Waals surface area contributed by atoms with Gasteiger partial charge >= 0.3 is 5.97 Å². The normalized spacial score (nSPS) is 11.9. The van der Waals surface area contributed by atoms with Gasteiger partial charge in [-0.3, -0.25) is 0 Å². The van der Waals surface area contributed by atoms with Crippen LogP contribution in [0.3, 0.4) is 0 Å². The van der Waals surface area contributed by atoms with Gasteiger partial charge in [0, 0.05) is 0 Å². The van der Waals surface area contributed by atoms with Crippen molar-refractivity contribution in [2.24, 2.45) is 0 Å². The van der Waals surface area contributed by atoms with Crippen molar-refractivity contribution < 1.29 is 14.6 Å². The van der Waals surface area contributed by atoms with Gasteiger partial charge in [-0.15, -0.1) is 0 Å². The molecule has 15 heavy (non-hydrogen) atoms. The van der Waals surface area contributed by atoms with E-state index in [0.29, 0.717) is 18.1 Å². The summed E-state index contributed by atoms with van der Waals surface area (Å²) in [6.07, 6.45) is 3.34. The third kappa shape index (κ3) is 3.08. The van der Waals surface area contributed by atoms with Gasteiger partial charge in [-0.2, -0.15) is 0 Å². The number of carboxylic acid groups (broad SMARTS) is 1. The lowest BCUT2D eigenvalue weighted by Crippen LogP contribution is -2.28. The summed E-state index contributed by atoms with van der Waals surface area (Å²) >= 11 is 0. The number of anilines is 1. The lowest BCUT2D eigenvalue weighted by molar-refractivity contribution is -0.137. The molecule has 0 amide bonds. The molecule has 1 unspecified atom stereocenters. The van der Waals surface area contributed by atoms with Crippen molar-refractivity contribution in [2.75, 3.05) is 12.4 Å². The SMILES string of the molecule is CCC(Nc1cnc(OC)cn1)C(=O)O. The average Bonchev–Trinajstić information content (AvgIpc) is 2.26.